The number of nitrogens with zero attached hydrogens (tertiary/aromatic N) is 5. The van der Waals surface area contributed by atoms with Gasteiger partial charge in [-0.05, 0) is 42.3 Å². The molecule has 3 heterocycles. The highest BCUT2D eigenvalue weighted by molar-refractivity contribution is 6.42. The number of aromatic nitrogens is 2. The molecule has 2 aliphatic rings. The third-order valence-corrected chi connectivity index (χ3v) is 8.37. The van der Waals surface area contributed by atoms with Crippen LogP contribution in [0, 0.1) is 0 Å². The van der Waals surface area contributed by atoms with Crippen molar-refractivity contribution in [2.45, 2.75) is 12.0 Å². The number of hydrogen-bond acceptors (Lipinski definition) is 9. The van der Waals surface area contributed by atoms with Gasteiger partial charge < -0.3 is 28.7 Å². The first-order chi connectivity index (χ1) is 19.9. The molecule has 41 heavy (non-hydrogen) atoms. The number of benzene rings is 2. The summed E-state index contributed by atoms with van der Waals surface area (Å²) in [7, 11) is 4.57. The third-order valence-electron chi connectivity index (χ3n) is 7.63. The highest BCUT2D eigenvalue weighted by Crippen LogP contribution is 2.41. The van der Waals surface area contributed by atoms with Gasteiger partial charge in [0.2, 0.25) is 11.7 Å². The molecule has 0 aliphatic carbocycles. The summed E-state index contributed by atoms with van der Waals surface area (Å²) in [5.74, 6) is 1.78. The molecule has 10 nitrogen and oxygen atoms in total. The van der Waals surface area contributed by atoms with Crippen LogP contribution in [0.5, 0.6) is 17.2 Å². The average molecular weight is 603 g/mol. The molecular formula is C29H33Cl2N5O5. The Morgan fingerprint density at radius 1 is 0.951 bits per heavy atom. The fourth-order valence-corrected chi connectivity index (χ4v) is 5.63. The van der Waals surface area contributed by atoms with E-state index in [2.05, 4.69) is 19.8 Å². The zero-order valence-electron chi connectivity index (χ0n) is 23.3. The molecule has 3 aromatic rings. The normalized spacial score (nSPS) is 19.3. The molecule has 0 unspecified atom stereocenters. The second kappa shape index (κ2) is 12.7. The molecule has 2 aromatic carbocycles. The second-order valence-corrected chi connectivity index (χ2v) is 10.8. The van der Waals surface area contributed by atoms with Crippen molar-refractivity contribution < 1.29 is 23.7 Å². The van der Waals surface area contributed by atoms with Gasteiger partial charge in [-0.25, -0.2) is 9.97 Å². The molecule has 2 aliphatic heterocycles. The highest BCUT2D eigenvalue weighted by Gasteiger charge is 2.43. The van der Waals surface area contributed by atoms with Gasteiger partial charge in [-0.1, -0.05) is 29.3 Å². The van der Waals surface area contributed by atoms with Crippen LogP contribution in [0.25, 0.3) is 0 Å². The van der Waals surface area contributed by atoms with E-state index in [1.807, 2.05) is 18.2 Å². The van der Waals surface area contributed by atoms with Gasteiger partial charge in [0, 0.05) is 50.7 Å². The average Bonchev–Trinajstić information content (AvgIpc) is 3.46. The zero-order valence-corrected chi connectivity index (χ0v) is 24.8. The van der Waals surface area contributed by atoms with Crippen LogP contribution < -0.4 is 19.1 Å². The first-order valence-corrected chi connectivity index (χ1v) is 14.1. The molecular weight excluding hydrogens is 569 g/mol. The monoisotopic (exact) mass is 601 g/mol. The molecule has 5 rings (SSSR count). The van der Waals surface area contributed by atoms with E-state index >= 15 is 0 Å². The molecule has 1 atom stereocenters. The van der Waals surface area contributed by atoms with Crippen LogP contribution in [0.3, 0.4) is 0 Å². The lowest BCUT2D eigenvalue weighted by molar-refractivity contribution is -0.0116. The van der Waals surface area contributed by atoms with E-state index in [4.69, 9.17) is 42.1 Å². The van der Waals surface area contributed by atoms with Crippen molar-refractivity contribution >= 4 is 35.1 Å². The van der Waals surface area contributed by atoms with Crippen LogP contribution in [0.1, 0.15) is 22.3 Å². The summed E-state index contributed by atoms with van der Waals surface area (Å²) in [6.45, 7) is 4.63. The van der Waals surface area contributed by atoms with E-state index in [0.29, 0.717) is 45.8 Å². The predicted octanol–water partition coefficient (Wildman–Crippen LogP) is 4.35. The molecule has 0 radical (unpaired) electrons. The SMILES string of the molecule is COc1cc(C(=O)N2CO[C@](CCN3CCN(c4ncccn4)CC3)(c3ccc(Cl)c(Cl)c3)C2)cc(OC)c1OC. The van der Waals surface area contributed by atoms with Crippen molar-refractivity contribution in [3.05, 3.63) is 70.0 Å². The van der Waals surface area contributed by atoms with Crippen molar-refractivity contribution in [2.75, 3.05) is 72.2 Å². The van der Waals surface area contributed by atoms with E-state index in [-0.39, 0.29) is 12.6 Å². The number of piperazine rings is 1. The molecule has 1 aromatic heterocycles. The minimum absolute atomic E-state index is 0.120. The lowest BCUT2D eigenvalue weighted by Crippen LogP contribution is -2.48. The van der Waals surface area contributed by atoms with Gasteiger partial charge >= 0.3 is 0 Å². The van der Waals surface area contributed by atoms with E-state index in [9.17, 15) is 4.79 Å². The Balaban J connectivity index is 1.34. The van der Waals surface area contributed by atoms with Gasteiger partial charge in [-0.15, -0.1) is 0 Å². The minimum Gasteiger partial charge on any atom is -0.493 e. The number of halogens is 2. The summed E-state index contributed by atoms with van der Waals surface area (Å²) >= 11 is 12.7. The van der Waals surface area contributed by atoms with Gasteiger partial charge in [0.1, 0.15) is 12.3 Å². The summed E-state index contributed by atoms with van der Waals surface area (Å²) < 4.78 is 22.8. The Kier molecular flexibility index (Phi) is 9.03. The first kappa shape index (κ1) is 29.2. The van der Waals surface area contributed by atoms with Gasteiger partial charge in [-0.2, -0.15) is 0 Å². The van der Waals surface area contributed by atoms with Crippen molar-refractivity contribution in [3.63, 3.8) is 0 Å². The minimum atomic E-state index is -0.760. The smallest absolute Gasteiger partial charge is 0.256 e. The maximum absolute atomic E-state index is 13.7. The molecule has 218 valence electrons. The number of anilines is 1. The predicted molar refractivity (Wildman–Crippen MR) is 157 cm³/mol. The Hall–Kier alpha value is -3.31. The molecule has 0 N–H and O–H groups in total. The van der Waals surface area contributed by atoms with Crippen molar-refractivity contribution in [1.29, 1.82) is 0 Å². The number of methoxy groups -OCH3 is 3. The van der Waals surface area contributed by atoms with Crippen molar-refractivity contribution in [2.24, 2.45) is 0 Å². The molecule has 12 heteroatoms. The lowest BCUT2D eigenvalue weighted by atomic mass is 9.89. The van der Waals surface area contributed by atoms with Gasteiger partial charge in [0.15, 0.2) is 11.5 Å². The second-order valence-electron chi connectivity index (χ2n) is 9.94. The lowest BCUT2D eigenvalue weighted by Gasteiger charge is -2.37. The molecule has 2 fully saturated rings. The Labute approximate surface area is 249 Å². The van der Waals surface area contributed by atoms with E-state index in [1.54, 1.807) is 35.5 Å². The van der Waals surface area contributed by atoms with Gasteiger partial charge in [0.25, 0.3) is 5.91 Å². The van der Waals surface area contributed by atoms with Crippen LogP contribution >= 0.6 is 23.2 Å². The zero-order chi connectivity index (χ0) is 29.0. The molecule has 0 bridgehead atoms. The number of carbonyl (C=O) groups is 1. The molecule has 2 saturated heterocycles. The largest absolute Gasteiger partial charge is 0.493 e. The highest BCUT2D eigenvalue weighted by atomic mass is 35.5. The number of ether oxygens (including phenoxy) is 4. The van der Waals surface area contributed by atoms with Crippen LogP contribution in [-0.2, 0) is 10.3 Å². The maximum atomic E-state index is 13.7. The fourth-order valence-electron chi connectivity index (χ4n) is 5.33. The van der Waals surface area contributed by atoms with Crippen LogP contribution in [-0.4, -0.2) is 93.0 Å². The summed E-state index contributed by atoms with van der Waals surface area (Å²) in [5, 5.41) is 0.909. The quantitative estimate of drug-likeness (QED) is 0.355. The molecule has 0 saturated carbocycles. The Morgan fingerprint density at radius 3 is 2.24 bits per heavy atom. The maximum Gasteiger partial charge on any atom is 0.256 e. The van der Waals surface area contributed by atoms with Crippen molar-refractivity contribution in [3.8, 4) is 17.2 Å². The summed E-state index contributed by atoms with van der Waals surface area (Å²) in [5.41, 5.74) is 0.528. The number of hydrogen-bond donors (Lipinski definition) is 0. The number of amides is 1. The van der Waals surface area contributed by atoms with E-state index < -0.39 is 5.60 Å². The number of carbonyl (C=O) groups excluding carboxylic acids is 1. The number of rotatable bonds is 9. The molecule has 1 amide bonds. The van der Waals surface area contributed by atoms with Crippen LogP contribution in [0.4, 0.5) is 5.95 Å². The van der Waals surface area contributed by atoms with Crippen LogP contribution in [0.2, 0.25) is 10.0 Å². The first-order valence-electron chi connectivity index (χ1n) is 13.3. The van der Waals surface area contributed by atoms with Gasteiger partial charge in [-0.3, -0.25) is 9.69 Å². The van der Waals surface area contributed by atoms with E-state index in [1.165, 1.54) is 21.3 Å². The topological polar surface area (TPSA) is 89.5 Å². The van der Waals surface area contributed by atoms with Crippen molar-refractivity contribution in [1.82, 2.24) is 19.8 Å². The van der Waals surface area contributed by atoms with Gasteiger partial charge in [0.05, 0.1) is 37.9 Å². The summed E-state index contributed by atoms with van der Waals surface area (Å²) in [4.78, 5) is 28.7. The third kappa shape index (κ3) is 6.16. The van der Waals surface area contributed by atoms with Crippen LogP contribution in [0.15, 0.2) is 48.8 Å². The van der Waals surface area contributed by atoms with E-state index in [0.717, 1.165) is 44.2 Å². The Morgan fingerprint density at radius 2 is 1.63 bits per heavy atom. The standard InChI is InChI=1S/C29H33Cl2N5O5/c1-38-24-15-20(16-25(39-2)26(24)40-3)27(37)36-18-29(41-19-36,21-5-6-22(30)23(31)17-21)7-10-34-11-13-35(14-12-34)28-32-8-4-9-33-28/h4-6,8-9,15-17H,7,10-14,18-19H2,1-3H3/t29-/m0/s1. The summed E-state index contributed by atoms with van der Waals surface area (Å²) in [6.07, 6.45) is 4.18. The summed E-state index contributed by atoms with van der Waals surface area (Å²) in [6, 6.07) is 10.7. The Bertz CT molecular complexity index is 1350. The molecule has 0 spiro atoms. The fraction of sp³-hybridized carbons (Fsp3) is 0.414.